The molecule has 0 saturated carbocycles. The summed E-state index contributed by atoms with van der Waals surface area (Å²) >= 11 is 0. The highest BCUT2D eigenvalue weighted by Gasteiger charge is 2.19. The molecular weight excluding hydrogens is 997 g/mol. The minimum absolute atomic E-state index is 0.107. The third kappa shape index (κ3) is 65.5. The number of ether oxygens (including phenoxy) is 3. The highest BCUT2D eigenvalue weighted by Crippen LogP contribution is 2.14. The van der Waals surface area contributed by atoms with Crippen LogP contribution in [-0.2, 0) is 28.6 Å². The summed E-state index contributed by atoms with van der Waals surface area (Å²) in [6.07, 6.45) is 99.2. The summed E-state index contributed by atoms with van der Waals surface area (Å²) in [6.45, 7) is 6.34. The van der Waals surface area contributed by atoms with Gasteiger partial charge in [-0.15, -0.1) is 0 Å². The molecule has 0 aliphatic heterocycles. The molecule has 6 nitrogen and oxygen atoms in total. The molecule has 0 aliphatic carbocycles. The van der Waals surface area contributed by atoms with Crippen LogP contribution in [0.25, 0.3) is 0 Å². The van der Waals surface area contributed by atoms with Crippen LogP contribution in [0, 0.1) is 0 Å². The van der Waals surface area contributed by atoms with Crippen LogP contribution < -0.4 is 0 Å². The Morgan fingerprint density at radius 2 is 0.481 bits per heavy atom. The van der Waals surface area contributed by atoms with Crippen LogP contribution in [0.2, 0.25) is 0 Å². The zero-order valence-electron chi connectivity index (χ0n) is 52.0. The molecule has 0 amide bonds. The smallest absolute Gasteiger partial charge is 0.306 e. The van der Waals surface area contributed by atoms with E-state index in [1.807, 2.05) is 0 Å². The molecule has 454 valence electrons. The maximum absolute atomic E-state index is 12.9. The molecule has 0 rings (SSSR count). The first-order valence-corrected chi connectivity index (χ1v) is 32.6. The molecule has 0 spiro atoms. The van der Waals surface area contributed by atoms with Gasteiger partial charge in [0.25, 0.3) is 0 Å². The molecule has 1 unspecified atom stereocenters. The van der Waals surface area contributed by atoms with E-state index in [0.717, 1.165) is 173 Å². The summed E-state index contributed by atoms with van der Waals surface area (Å²) in [4.78, 5) is 38.3. The van der Waals surface area contributed by atoms with E-state index in [0.29, 0.717) is 19.3 Å². The molecule has 0 aliphatic rings. The predicted octanol–water partition coefficient (Wildman–Crippen LogP) is 22.7. The van der Waals surface area contributed by atoms with Gasteiger partial charge in [-0.2, -0.15) is 0 Å². The second-order valence-corrected chi connectivity index (χ2v) is 20.9. The number of hydrogen-bond acceptors (Lipinski definition) is 6. The Morgan fingerprint density at radius 1 is 0.259 bits per heavy atom. The van der Waals surface area contributed by atoms with Crippen molar-refractivity contribution in [3.63, 3.8) is 0 Å². The van der Waals surface area contributed by atoms with E-state index in [2.05, 4.69) is 191 Å². The first kappa shape index (κ1) is 75.8. The molecule has 0 fully saturated rings. The van der Waals surface area contributed by atoms with Gasteiger partial charge in [-0.05, 0) is 154 Å². The summed E-state index contributed by atoms with van der Waals surface area (Å²) in [6, 6.07) is 0. The molecule has 0 heterocycles. The Balaban J connectivity index is 4.48. The van der Waals surface area contributed by atoms with E-state index in [-0.39, 0.29) is 31.1 Å². The molecule has 0 radical (unpaired) electrons. The number of esters is 3. The van der Waals surface area contributed by atoms with Gasteiger partial charge in [0, 0.05) is 19.3 Å². The lowest BCUT2D eigenvalue weighted by atomic mass is 10.1. The van der Waals surface area contributed by atoms with Crippen LogP contribution in [0.4, 0.5) is 0 Å². The molecule has 81 heavy (non-hydrogen) atoms. The Bertz CT molecular complexity index is 1860. The molecular formula is C75H118O6. The van der Waals surface area contributed by atoms with Crippen LogP contribution in [0.1, 0.15) is 265 Å². The molecule has 0 aromatic carbocycles. The summed E-state index contributed by atoms with van der Waals surface area (Å²) < 4.78 is 16.9. The first-order valence-electron chi connectivity index (χ1n) is 32.6. The zero-order valence-corrected chi connectivity index (χ0v) is 52.0. The first-order chi connectivity index (χ1) is 40.0. The quantitative estimate of drug-likeness (QED) is 0.0261. The van der Waals surface area contributed by atoms with Crippen molar-refractivity contribution >= 4 is 17.9 Å². The van der Waals surface area contributed by atoms with E-state index in [9.17, 15) is 14.4 Å². The number of allylic oxidation sites excluding steroid dienone is 28. The van der Waals surface area contributed by atoms with E-state index in [4.69, 9.17) is 14.2 Å². The Hall–Kier alpha value is -5.23. The largest absolute Gasteiger partial charge is 0.462 e. The van der Waals surface area contributed by atoms with Crippen molar-refractivity contribution in [3.05, 3.63) is 170 Å². The summed E-state index contributed by atoms with van der Waals surface area (Å²) in [7, 11) is 0. The van der Waals surface area contributed by atoms with Gasteiger partial charge < -0.3 is 14.2 Å². The molecule has 0 aromatic rings. The van der Waals surface area contributed by atoms with Gasteiger partial charge in [0.15, 0.2) is 6.10 Å². The van der Waals surface area contributed by atoms with Crippen LogP contribution >= 0.6 is 0 Å². The monoisotopic (exact) mass is 1110 g/mol. The summed E-state index contributed by atoms with van der Waals surface area (Å²) in [5, 5.41) is 0. The fourth-order valence-corrected chi connectivity index (χ4v) is 8.36. The fraction of sp³-hybridized carbons (Fsp3) is 0.587. The van der Waals surface area contributed by atoms with Crippen molar-refractivity contribution in [1.82, 2.24) is 0 Å². The average molecular weight is 1120 g/mol. The molecule has 1 atom stereocenters. The summed E-state index contributed by atoms with van der Waals surface area (Å²) in [5.41, 5.74) is 0. The predicted molar refractivity (Wildman–Crippen MR) is 352 cm³/mol. The van der Waals surface area contributed by atoms with Gasteiger partial charge in [0.2, 0.25) is 0 Å². The third-order valence-corrected chi connectivity index (χ3v) is 13.2. The van der Waals surface area contributed by atoms with Gasteiger partial charge in [0.05, 0.1) is 0 Å². The second kappa shape index (κ2) is 67.3. The maximum atomic E-state index is 12.9. The minimum atomic E-state index is -0.814. The van der Waals surface area contributed by atoms with E-state index in [1.54, 1.807) is 0 Å². The number of carbonyl (C=O) groups is 3. The molecule has 0 bridgehead atoms. The van der Waals surface area contributed by atoms with Crippen molar-refractivity contribution < 1.29 is 28.6 Å². The molecule has 6 heteroatoms. The third-order valence-electron chi connectivity index (χ3n) is 13.2. The van der Waals surface area contributed by atoms with Crippen LogP contribution in [0.5, 0.6) is 0 Å². The SMILES string of the molecule is CC/C=C\C/C=C\C/C=C\C/C=C\C/C=C\C/C=C\C/C=C\CCCCCC(=O)OCC(COC(=O)CCCCCCC/C=C\CCCCCC)OC(=O)CCCCCCCC/C=C\C/C=C\C/C=C\C/C=C\C/C=C\C/C=C\CC. The number of carbonyl (C=O) groups excluding carboxylic acids is 3. The van der Waals surface area contributed by atoms with E-state index in [1.165, 1.54) is 51.4 Å². The average Bonchev–Trinajstić information content (AvgIpc) is 3.46. The fourth-order valence-electron chi connectivity index (χ4n) is 8.36. The maximum Gasteiger partial charge on any atom is 0.306 e. The lowest BCUT2D eigenvalue weighted by Gasteiger charge is -2.18. The lowest BCUT2D eigenvalue weighted by Crippen LogP contribution is -2.30. The van der Waals surface area contributed by atoms with E-state index < -0.39 is 6.10 Å². The molecule has 0 saturated heterocycles. The molecule has 0 aromatic heterocycles. The summed E-state index contributed by atoms with van der Waals surface area (Å²) in [5.74, 6) is -0.968. The molecule has 0 N–H and O–H groups in total. The Kier molecular flexibility index (Phi) is 62.9. The number of unbranched alkanes of at least 4 members (excludes halogenated alkanes) is 18. The normalized spacial score (nSPS) is 13.3. The highest BCUT2D eigenvalue weighted by atomic mass is 16.6. The van der Waals surface area contributed by atoms with Crippen LogP contribution in [-0.4, -0.2) is 37.2 Å². The van der Waals surface area contributed by atoms with Crippen molar-refractivity contribution in [2.45, 2.75) is 271 Å². The van der Waals surface area contributed by atoms with Gasteiger partial charge in [-0.1, -0.05) is 262 Å². The van der Waals surface area contributed by atoms with Crippen LogP contribution in [0.15, 0.2) is 170 Å². The van der Waals surface area contributed by atoms with Crippen molar-refractivity contribution in [2.75, 3.05) is 13.2 Å². The Labute approximate surface area is 498 Å². The second-order valence-electron chi connectivity index (χ2n) is 20.9. The van der Waals surface area contributed by atoms with Gasteiger partial charge >= 0.3 is 17.9 Å². The zero-order chi connectivity index (χ0) is 58.5. The van der Waals surface area contributed by atoms with Crippen molar-refractivity contribution in [3.8, 4) is 0 Å². The van der Waals surface area contributed by atoms with Gasteiger partial charge in [0.1, 0.15) is 13.2 Å². The number of hydrogen-bond donors (Lipinski definition) is 0. The van der Waals surface area contributed by atoms with Crippen molar-refractivity contribution in [2.24, 2.45) is 0 Å². The van der Waals surface area contributed by atoms with Crippen LogP contribution in [0.3, 0.4) is 0 Å². The van der Waals surface area contributed by atoms with Crippen molar-refractivity contribution in [1.29, 1.82) is 0 Å². The van der Waals surface area contributed by atoms with E-state index >= 15 is 0 Å². The lowest BCUT2D eigenvalue weighted by molar-refractivity contribution is -0.167. The topological polar surface area (TPSA) is 78.9 Å². The standard InChI is InChI=1S/C75H118O6/c1-4-7-10-13-16-19-22-25-27-29-31-33-35-37-39-41-43-45-47-50-53-56-59-62-65-68-74(77)80-71-72(70-79-73(76)67-64-61-58-55-52-49-24-21-18-15-12-9-6-3)81-75(78)69-66-63-60-57-54-51-48-46-44-42-40-38-36-34-32-30-28-26-23-20-17-14-11-8-5-2/h7-8,10-11,16-17,19-21,24-28,31-34,37-40,43-46,50,53,72H,4-6,9,12-15,18,22-23,29-30,35-36,41-42,47-49,51-52,54-71H2,1-3H3/b10-7-,11-8-,19-16-,20-17-,24-21-,27-25-,28-26-,33-31-,34-32-,39-37-,40-38-,45-43-,46-44-,53-50-. The Morgan fingerprint density at radius 3 is 0.778 bits per heavy atom. The van der Waals surface area contributed by atoms with Gasteiger partial charge in [-0.25, -0.2) is 0 Å². The minimum Gasteiger partial charge on any atom is -0.462 e. The van der Waals surface area contributed by atoms with Gasteiger partial charge in [-0.3, -0.25) is 14.4 Å². The number of rotatable bonds is 57. The highest BCUT2D eigenvalue weighted by molar-refractivity contribution is 5.71.